The molecule has 0 saturated heterocycles. The number of amides is 1. The number of furan rings is 1. The van der Waals surface area contributed by atoms with E-state index < -0.39 is 0 Å². The minimum atomic E-state index is -0.284. The third-order valence-electron chi connectivity index (χ3n) is 2.28. The van der Waals surface area contributed by atoms with Crippen LogP contribution in [0, 0.1) is 6.92 Å². The lowest BCUT2D eigenvalue weighted by Gasteiger charge is -2.05. The van der Waals surface area contributed by atoms with Crippen LogP contribution in [0.2, 0.25) is 0 Å². The number of aryl methyl sites for hydroxylation is 1. The molecule has 2 aromatic rings. The number of carbonyl (C=O) groups is 1. The van der Waals surface area contributed by atoms with Gasteiger partial charge in [-0.3, -0.25) is 4.79 Å². The fraction of sp³-hybridized carbons (Fsp3) is 0.0833. The Hall–Kier alpha value is -2.23. The maximum atomic E-state index is 11.6. The highest BCUT2D eigenvalue weighted by atomic mass is 16.3. The average molecular weight is 216 g/mol. The standard InChI is InChI=1S/C12H12N2O2/c1-8-4-5-9(7-10(8)13)14-12(15)11-3-2-6-16-11/h2-7H,13H2,1H3,(H,14,15). The van der Waals surface area contributed by atoms with E-state index in [0.29, 0.717) is 11.4 Å². The molecular formula is C12H12N2O2. The fourth-order valence-corrected chi connectivity index (χ4v) is 1.32. The summed E-state index contributed by atoms with van der Waals surface area (Å²) in [6.07, 6.45) is 1.46. The van der Waals surface area contributed by atoms with E-state index in [-0.39, 0.29) is 11.7 Å². The molecule has 0 unspecified atom stereocenters. The van der Waals surface area contributed by atoms with Crippen LogP contribution in [0.15, 0.2) is 41.0 Å². The predicted octanol–water partition coefficient (Wildman–Crippen LogP) is 2.42. The monoisotopic (exact) mass is 216 g/mol. The minimum absolute atomic E-state index is 0.277. The van der Waals surface area contributed by atoms with E-state index in [1.165, 1.54) is 6.26 Å². The van der Waals surface area contributed by atoms with Gasteiger partial charge in [0.25, 0.3) is 5.91 Å². The molecule has 0 saturated carbocycles. The van der Waals surface area contributed by atoms with Gasteiger partial charge < -0.3 is 15.5 Å². The number of anilines is 2. The Morgan fingerprint density at radius 1 is 1.38 bits per heavy atom. The van der Waals surface area contributed by atoms with Crippen molar-refractivity contribution >= 4 is 17.3 Å². The summed E-state index contributed by atoms with van der Waals surface area (Å²) < 4.78 is 4.98. The van der Waals surface area contributed by atoms with Gasteiger partial charge in [0.15, 0.2) is 5.76 Å². The number of rotatable bonds is 2. The lowest BCUT2D eigenvalue weighted by molar-refractivity contribution is 0.0996. The summed E-state index contributed by atoms with van der Waals surface area (Å²) in [5.41, 5.74) is 8.03. The molecule has 0 radical (unpaired) electrons. The van der Waals surface area contributed by atoms with Gasteiger partial charge in [0, 0.05) is 11.4 Å². The molecule has 0 atom stereocenters. The third kappa shape index (κ3) is 2.06. The number of nitrogens with one attached hydrogen (secondary N) is 1. The van der Waals surface area contributed by atoms with Crippen molar-refractivity contribution in [1.29, 1.82) is 0 Å². The van der Waals surface area contributed by atoms with Crippen LogP contribution < -0.4 is 11.1 Å². The van der Waals surface area contributed by atoms with E-state index in [1.807, 2.05) is 13.0 Å². The second-order valence-corrected chi connectivity index (χ2v) is 3.50. The van der Waals surface area contributed by atoms with Crippen molar-refractivity contribution in [2.75, 3.05) is 11.1 Å². The summed E-state index contributed by atoms with van der Waals surface area (Å²) in [6.45, 7) is 1.91. The Morgan fingerprint density at radius 3 is 2.81 bits per heavy atom. The lowest BCUT2D eigenvalue weighted by atomic mass is 10.2. The predicted molar refractivity (Wildman–Crippen MR) is 62.3 cm³/mol. The van der Waals surface area contributed by atoms with E-state index in [1.54, 1.807) is 24.3 Å². The molecule has 0 aliphatic carbocycles. The largest absolute Gasteiger partial charge is 0.459 e. The van der Waals surface area contributed by atoms with Crippen molar-refractivity contribution in [2.45, 2.75) is 6.92 Å². The van der Waals surface area contributed by atoms with Gasteiger partial charge in [-0.15, -0.1) is 0 Å². The Bertz CT molecular complexity index is 504. The second-order valence-electron chi connectivity index (χ2n) is 3.50. The first-order valence-electron chi connectivity index (χ1n) is 4.88. The van der Waals surface area contributed by atoms with Crippen molar-refractivity contribution in [3.05, 3.63) is 47.9 Å². The molecule has 0 aliphatic heterocycles. The summed E-state index contributed by atoms with van der Waals surface area (Å²) in [6, 6.07) is 8.64. The van der Waals surface area contributed by atoms with E-state index >= 15 is 0 Å². The maximum absolute atomic E-state index is 11.6. The van der Waals surface area contributed by atoms with Gasteiger partial charge in [0.2, 0.25) is 0 Å². The van der Waals surface area contributed by atoms with E-state index in [9.17, 15) is 4.79 Å². The molecule has 0 bridgehead atoms. The summed E-state index contributed by atoms with van der Waals surface area (Å²) in [4.78, 5) is 11.6. The average Bonchev–Trinajstić information content (AvgIpc) is 2.77. The molecule has 2 rings (SSSR count). The zero-order valence-corrected chi connectivity index (χ0v) is 8.86. The van der Waals surface area contributed by atoms with Gasteiger partial charge in [-0.1, -0.05) is 6.07 Å². The zero-order valence-electron chi connectivity index (χ0n) is 8.86. The van der Waals surface area contributed by atoms with E-state index in [2.05, 4.69) is 5.32 Å². The molecule has 0 aliphatic rings. The van der Waals surface area contributed by atoms with Gasteiger partial charge in [-0.05, 0) is 36.8 Å². The topological polar surface area (TPSA) is 68.3 Å². The van der Waals surface area contributed by atoms with Gasteiger partial charge in [-0.25, -0.2) is 0 Å². The van der Waals surface area contributed by atoms with Gasteiger partial charge >= 0.3 is 0 Å². The minimum Gasteiger partial charge on any atom is -0.459 e. The van der Waals surface area contributed by atoms with Crippen LogP contribution in [-0.4, -0.2) is 5.91 Å². The summed E-state index contributed by atoms with van der Waals surface area (Å²) in [5, 5.41) is 2.70. The number of benzene rings is 1. The molecule has 16 heavy (non-hydrogen) atoms. The molecule has 1 heterocycles. The van der Waals surface area contributed by atoms with Crippen LogP contribution in [0.4, 0.5) is 11.4 Å². The summed E-state index contributed by atoms with van der Waals surface area (Å²) in [7, 11) is 0. The lowest BCUT2D eigenvalue weighted by Crippen LogP contribution is -2.11. The number of hydrogen-bond acceptors (Lipinski definition) is 3. The highest BCUT2D eigenvalue weighted by Gasteiger charge is 2.08. The normalized spacial score (nSPS) is 10.1. The molecule has 1 aromatic carbocycles. The molecule has 1 amide bonds. The molecule has 0 fully saturated rings. The van der Waals surface area contributed by atoms with Crippen LogP contribution in [0.25, 0.3) is 0 Å². The first-order chi connectivity index (χ1) is 7.66. The third-order valence-corrected chi connectivity index (χ3v) is 2.28. The van der Waals surface area contributed by atoms with Gasteiger partial charge in [0.05, 0.1) is 6.26 Å². The molecule has 4 nitrogen and oxygen atoms in total. The molecule has 1 aromatic heterocycles. The smallest absolute Gasteiger partial charge is 0.291 e. The summed E-state index contributed by atoms with van der Waals surface area (Å²) >= 11 is 0. The van der Waals surface area contributed by atoms with E-state index in [0.717, 1.165) is 5.56 Å². The van der Waals surface area contributed by atoms with Crippen molar-refractivity contribution in [1.82, 2.24) is 0 Å². The molecular weight excluding hydrogens is 204 g/mol. The number of carbonyl (C=O) groups excluding carboxylic acids is 1. The molecule has 4 heteroatoms. The zero-order chi connectivity index (χ0) is 11.5. The Kier molecular flexibility index (Phi) is 2.64. The maximum Gasteiger partial charge on any atom is 0.291 e. The van der Waals surface area contributed by atoms with Gasteiger partial charge in [-0.2, -0.15) is 0 Å². The number of hydrogen-bond donors (Lipinski definition) is 2. The SMILES string of the molecule is Cc1ccc(NC(=O)c2ccco2)cc1N. The number of nitrogens with two attached hydrogens (primary N) is 1. The van der Waals surface area contributed by atoms with Gasteiger partial charge in [0.1, 0.15) is 0 Å². The van der Waals surface area contributed by atoms with Crippen molar-refractivity contribution in [3.63, 3.8) is 0 Å². The quantitative estimate of drug-likeness (QED) is 0.757. The fourth-order valence-electron chi connectivity index (χ4n) is 1.32. The van der Waals surface area contributed by atoms with Crippen LogP contribution in [-0.2, 0) is 0 Å². The first kappa shape index (κ1) is 10.3. The van der Waals surface area contributed by atoms with Crippen molar-refractivity contribution in [3.8, 4) is 0 Å². The van der Waals surface area contributed by atoms with E-state index in [4.69, 9.17) is 10.2 Å². The highest BCUT2D eigenvalue weighted by Crippen LogP contribution is 2.17. The first-order valence-corrected chi connectivity index (χ1v) is 4.88. The van der Waals surface area contributed by atoms with Crippen molar-refractivity contribution in [2.24, 2.45) is 0 Å². The molecule has 0 spiro atoms. The Labute approximate surface area is 93.1 Å². The number of nitrogen functional groups attached to an aromatic ring is 1. The van der Waals surface area contributed by atoms with Crippen LogP contribution in [0.3, 0.4) is 0 Å². The van der Waals surface area contributed by atoms with Crippen molar-refractivity contribution < 1.29 is 9.21 Å². The Balaban J connectivity index is 2.15. The van der Waals surface area contributed by atoms with Crippen LogP contribution in [0.5, 0.6) is 0 Å². The summed E-state index contributed by atoms with van der Waals surface area (Å²) in [5.74, 6) is -0.00704. The molecule has 82 valence electrons. The highest BCUT2D eigenvalue weighted by molar-refractivity contribution is 6.02. The van der Waals surface area contributed by atoms with Crippen LogP contribution in [0.1, 0.15) is 16.1 Å². The molecule has 3 N–H and O–H groups in total. The van der Waals surface area contributed by atoms with Crippen LogP contribution >= 0.6 is 0 Å². The Morgan fingerprint density at radius 2 is 2.19 bits per heavy atom. The second kappa shape index (κ2) is 4.10.